The minimum atomic E-state index is -1.03. The van der Waals surface area contributed by atoms with E-state index in [1.165, 1.54) is 13.0 Å². The van der Waals surface area contributed by atoms with E-state index < -0.39 is 28.8 Å². The summed E-state index contributed by atoms with van der Waals surface area (Å²) < 4.78 is 16.5. The van der Waals surface area contributed by atoms with E-state index in [1.54, 1.807) is 42.7 Å². The minimum Gasteiger partial charge on any atom is -0.449 e. The van der Waals surface area contributed by atoms with E-state index >= 15 is 0 Å². The number of carbonyl (C=O) groups is 2. The molecule has 0 heterocycles. The number of rotatable bonds is 6. The normalized spacial score (nSPS) is 12.9. The van der Waals surface area contributed by atoms with Gasteiger partial charge in [0.15, 0.2) is 6.10 Å². The van der Waals surface area contributed by atoms with Crippen LogP contribution in [0.15, 0.2) is 42.5 Å². The maximum atomic E-state index is 12.2. The van der Waals surface area contributed by atoms with E-state index in [0.717, 1.165) is 5.56 Å². The van der Waals surface area contributed by atoms with Crippen LogP contribution in [0, 0.1) is 0 Å². The van der Waals surface area contributed by atoms with Gasteiger partial charge in [0.2, 0.25) is 0 Å². The molecule has 2 unspecified atom stereocenters. The van der Waals surface area contributed by atoms with Crippen molar-refractivity contribution < 1.29 is 18.5 Å². The van der Waals surface area contributed by atoms with E-state index in [4.69, 9.17) is 27.9 Å². The molecule has 8 heteroatoms. The van der Waals surface area contributed by atoms with E-state index in [2.05, 4.69) is 5.32 Å². The molecule has 0 radical (unpaired) electrons. The fourth-order valence-corrected chi connectivity index (χ4v) is 3.23. The molecule has 0 bridgehead atoms. The van der Waals surface area contributed by atoms with Gasteiger partial charge in [-0.15, -0.1) is 0 Å². The second-order valence-electron chi connectivity index (χ2n) is 5.58. The number of nitrogens with one attached hydrogen (secondary N) is 1. The van der Waals surface area contributed by atoms with Crippen LogP contribution in [-0.2, 0) is 26.1 Å². The van der Waals surface area contributed by atoms with Crippen molar-refractivity contribution >= 4 is 51.6 Å². The number of ether oxygens (including phenoxy) is 1. The van der Waals surface area contributed by atoms with Crippen molar-refractivity contribution in [2.24, 2.45) is 0 Å². The number of esters is 1. The smallest absolute Gasteiger partial charge is 0.338 e. The molecule has 138 valence electrons. The number of hydrogen-bond acceptors (Lipinski definition) is 4. The largest absolute Gasteiger partial charge is 0.449 e. The average Bonchev–Trinajstić information content (AvgIpc) is 2.56. The van der Waals surface area contributed by atoms with Crippen molar-refractivity contribution in [3.63, 3.8) is 0 Å². The summed E-state index contributed by atoms with van der Waals surface area (Å²) in [5.74, 6) is -0.821. The quantitative estimate of drug-likeness (QED) is 0.724. The molecule has 1 amide bonds. The van der Waals surface area contributed by atoms with Crippen LogP contribution in [-0.4, -0.2) is 28.4 Å². The van der Waals surface area contributed by atoms with Gasteiger partial charge in [-0.25, -0.2) is 4.79 Å². The van der Waals surface area contributed by atoms with Crippen LogP contribution in [0.25, 0.3) is 0 Å². The van der Waals surface area contributed by atoms with Crippen LogP contribution < -0.4 is 5.32 Å². The maximum Gasteiger partial charge on any atom is 0.338 e. The first-order chi connectivity index (χ1) is 12.3. The number of benzene rings is 2. The molecular formula is C18H17Cl2NO4S. The average molecular weight is 414 g/mol. The monoisotopic (exact) mass is 413 g/mol. The van der Waals surface area contributed by atoms with Crippen molar-refractivity contribution in [3.8, 4) is 0 Å². The Morgan fingerprint density at radius 1 is 1.19 bits per heavy atom. The molecule has 2 aromatic carbocycles. The third-order valence-corrected chi connectivity index (χ3v) is 4.66. The van der Waals surface area contributed by atoms with E-state index in [1.807, 2.05) is 0 Å². The summed E-state index contributed by atoms with van der Waals surface area (Å²) in [6.07, 6.45) is 0.553. The third kappa shape index (κ3) is 5.83. The Labute approximate surface area is 164 Å². The van der Waals surface area contributed by atoms with Gasteiger partial charge in [-0.2, -0.15) is 0 Å². The first-order valence-electron chi connectivity index (χ1n) is 7.62. The number of amides is 1. The zero-order valence-corrected chi connectivity index (χ0v) is 16.5. The molecule has 0 fully saturated rings. The first kappa shape index (κ1) is 20.4. The predicted molar refractivity (Wildman–Crippen MR) is 104 cm³/mol. The molecule has 0 saturated carbocycles. The molecule has 0 aliphatic heterocycles. The lowest BCUT2D eigenvalue weighted by Crippen LogP contribution is -2.30. The highest BCUT2D eigenvalue weighted by molar-refractivity contribution is 7.83. The van der Waals surface area contributed by atoms with Crippen molar-refractivity contribution in [1.82, 2.24) is 0 Å². The standard InChI is InChI=1S/C18H17Cl2NO4S/c1-11(17(22)21-16-7-6-14(19)9-15(16)20)25-18(23)13-5-3-4-12(8-13)10-26(2)24/h3-9,11H,10H2,1-2H3,(H,21,22). The van der Waals surface area contributed by atoms with Gasteiger partial charge >= 0.3 is 5.97 Å². The van der Waals surface area contributed by atoms with E-state index in [9.17, 15) is 13.8 Å². The molecule has 0 aliphatic carbocycles. The summed E-state index contributed by atoms with van der Waals surface area (Å²) in [5.41, 5.74) is 1.42. The summed E-state index contributed by atoms with van der Waals surface area (Å²) >= 11 is 11.8. The van der Waals surface area contributed by atoms with Crippen LogP contribution in [0.1, 0.15) is 22.8 Å². The predicted octanol–water partition coefficient (Wildman–Crippen LogP) is 4.06. The zero-order chi connectivity index (χ0) is 19.3. The Balaban J connectivity index is 2.01. The Hall–Kier alpha value is -1.89. The third-order valence-electron chi connectivity index (χ3n) is 3.37. The molecule has 2 atom stereocenters. The molecule has 0 saturated heterocycles. The van der Waals surface area contributed by atoms with Gasteiger partial charge in [-0.05, 0) is 42.8 Å². The lowest BCUT2D eigenvalue weighted by Gasteiger charge is -2.14. The summed E-state index contributed by atoms with van der Waals surface area (Å²) in [6, 6.07) is 11.3. The Kier molecular flexibility index (Phi) is 7.20. The summed E-state index contributed by atoms with van der Waals surface area (Å²) in [4.78, 5) is 24.4. The Morgan fingerprint density at radius 3 is 2.58 bits per heavy atom. The van der Waals surface area contributed by atoms with E-state index in [0.29, 0.717) is 16.5 Å². The van der Waals surface area contributed by atoms with Crippen molar-refractivity contribution in [2.75, 3.05) is 11.6 Å². The Morgan fingerprint density at radius 2 is 1.92 bits per heavy atom. The van der Waals surface area contributed by atoms with Gasteiger partial charge < -0.3 is 10.1 Å². The second kappa shape index (κ2) is 9.16. The lowest BCUT2D eigenvalue weighted by molar-refractivity contribution is -0.123. The van der Waals surface area contributed by atoms with Gasteiger partial charge in [0.1, 0.15) is 0 Å². The number of hydrogen-bond donors (Lipinski definition) is 1. The van der Waals surface area contributed by atoms with Crippen molar-refractivity contribution in [3.05, 3.63) is 63.6 Å². The van der Waals surface area contributed by atoms with Crippen LogP contribution in [0.3, 0.4) is 0 Å². The molecule has 0 spiro atoms. The molecule has 0 aromatic heterocycles. The highest BCUT2D eigenvalue weighted by Gasteiger charge is 2.20. The topological polar surface area (TPSA) is 72.5 Å². The van der Waals surface area contributed by atoms with Crippen LogP contribution in [0.5, 0.6) is 0 Å². The molecule has 1 N–H and O–H groups in total. The fraction of sp³-hybridized carbons (Fsp3) is 0.222. The first-order valence-corrected chi connectivity index (χ1v) is 10.1. The summed E-state index contributed by atoms with van der Waals surface area (Å²) in [6.45, 7) is 1.46. The summed E-state index contributed by atoms with van der Waals surface area (Å²) in [5, 5.41) is 3.31. The van der Waals surface area contributed by atoms with Crippen LogP contribution in [0.2, 0.25) is 10.0 Å². The highest BCUT2D eigenvalue weighted by atomic mass is 35.5. The SMILES string of the molecule is CC(OC(=O)c1cccc(CS(C)=O)c1)C(=O)Nc1ccc(Cl)cc1Cl. The summed E-state index contributed by atoms with van der Waals surface area (Å²) in [7, 11) is -1.02. The van der Waals surface area contributed by atoms with E-state index in [-0.39, 0.29) is 10.6 Å². The molecule has 26 heavy (non-hydrogen) atoms. The molecule has 0 aliphatic rings. The Bertz CT molecular complexity index is 857. The van der Waals surface area contributed by atoms with Crippen LogP contribution in [0.4, 0.5) is 5.69 Å². The zero-order valence-electron chi connectivity index (χ0n) is 14.1. The maximum absolute atomic E-state index is 12.2. The van der Waals surface area contributed by atoms with Gasteiger partial charge in [-0.3, -0.25) is 9.00 Å². The van der Waals surface area contributed by atoms with Crippen LogP contribution >= 0.6 is 23.2 Å². The highest BCUT2D eigenvalue weighted by Crippen LogP contribution is 2.25. The minimum absolute atomic E-state index is 0.282. The number of anilines is 1. The fourth-order valence-electron chi connectivity index (χ4n) is 2.13. The molecule has 2 rings (SSSR count). The molecular weight excluding hydrogens is 397 g/mol. The second-order valence-corrected chi connectivity index (χ2v) is 7.86. The van der Waals surface area contributed by atoms with Crippen molar-refractivity contribution in [2.45, 2.75) is 18.8 Å². The number of halogens is 2. The van der Waals surface area contributed by atoms with Crippen molar-refractivity contribution in [1.29, 1.82) is 0 Å². The van der Waals surface area contributed by atoms with Gasteiger partial charge in [0, 0.05) is 27.8 Å². The van der Waals surface area contributed by atoms with Gasteiger partial charge in [0.05, 0.1) is 16.3 Å². The van der Waals surface area contributed by atoms with Gasteiger partial charge in [0.25, 0.3) is 5.91 Å². The molecule has 5 nitrogen and oxygen atoms in total. The molecule has 2 aromatic rings. The van der Waals surface area contributed by atoms with Gasteiger partial charge in [-0.1, -0.05) is 35.3 Å². The lowest BCUT2D eigenvalue weighted by atomic mass is 10.1. The number of carbonyl (C=O) groups excluding carboxylic acids is 2.